The molecule has 134 valence electrons. The molecule has 2 saturated carbocycles. The molecule has 2 atom stereocenters. The first-order valence-electron chi connectivity index (χ1n) is 9.29. The molecular formula is C20H24FNO3. The van der Waals surface area contributed by atoms with Gasteiger partial charge in [0.15, 0.2) is 0 Å². The molecule has 0 aromatic heterocycles. The van der Waals surface area contributed by atoms with Gasteiger partial charge in [-0.2, -0.15) is 0 Å². The Morgan fingerprint density at radius 3 is 2.48 bits per heavy atom. The smallest absolute Gasteiger partial charge is 0.308 e. The van der Waals surface area contributed by atoms with Crippen molar-refractivity contribution >= 4 is 11.9 Å². The van der Waals surface area contributed by atoms with Crippen molar-refractivity contribution in [2.75, 3.05) is 13.1 Å². The lowest BCUT2D eigenvalue weighted by atomic mass is 9.77. The molecule has 1 aliphatic heterocycles. The van der Waals surface area contributed by atoms with Gasteiger partial charge in [0.2, 0.25) is 5.91 Å². The molecule has 0 spiro atoms. The van der Waals surface area contributed by atoms with Crippen LogP contribution in [0, 0.1) is 23.6 Å². The summed E-state index contributed by atoms with van der Waals surface area (Å²) in [7, 11) is 0. The number of benzene rings is 1. The van der Waals surface area contributed by atoms with Crippen LogP contribution in [0.2, 0.25) is 0 Å². The number of carboxylic acid groups (broad SMARTS) is 1. The van der Waals surface area contributed by atoms with Gasteiger partial charge in [0, 0.05) is 13.1 Å². The Labute approximate surface area is 147 Å². The molecule has 3 aliphatic rings. The molecule has 0 radical (unpaired) electrons. The number of rotatable bonds is 4. The maximum absolute atomic E-state index is 13.8. The lowest BCUT2D eigenvalue weighted by Gasteiger charge is -2.33. The third kappa shape index (κ3) is 2.83. The van der Waals surface area contributed by atoms with Crippen molar-refractivity contribution < 1.29 is 19.1 Å². The maximum Gasteiger partial charge on any atom is 0.308 e. The fourth-order valence-electron chi connectivity index (χ4n) is 4.95. The van der Waals surface area contributed by atoms with Crippen LogP contribution in [0.1, 0.15) is 44.1 Å². The topological polar surface area (TPSA) is 57.6 Å². The van der Waals surface area contributed by atoms with Gasteiger partial charge in [-0.3, -0.25) is 9.59 Å². The summed E-state index contributed by atoms with van der Waals surface area (Å²) in [6, 6.07) is 6.38. The van der Waals surface area contributed by atoms with Gasteiger partial charge >= 0.3 is 5.97 Å². The van der Waals surface area contributed by atoms with Gasteiger partial charge in [-0.15, -0.1) is 0 Å². The normalized spacial score (nSPS) is 28.3. The van der Waals surface area contributed by atoms with Crippen LogP contribution in [-0.2, 0) is 15.0 Å². The number of carbonyl (C=O) groups excluding carboxylic acids is 1. The van der Waals surface area contributed by atoms with Crippen LogP contribution in [0.5, 0.6) is 0 Å². The molecule has 0 bridgehead atoms. The van der Waals surface area contributed by atoms with Crippen LogP contribution in [0.15, 0.2) is 24.3 Å². The van der Waals surface area contributed by atoms with Crippen LogP contribution in [0.4, 0.5) is 4.39 Å². The van der Waals surface area contributed by atoms with Crippen molar-refractivity contribution in [1.29, 1.82) is 0 Å². The highest BCUT2D eigenvalue weighted by atomic mass is 19.1. The van der Waals surface area contributed by atoms with E-state index in [0.29, 0.717) is 19.0 Å². The highest BCUT2D eigenvalue weighted by molar-refractivity contribution is 5.89. The molecule has 5 heteroatoms. The molecule has 4 rings (SSSR count). The highest BCUT2D eigenvalue weighted by Gasteiger charge is 2.51. The molecule has 4 nitrogen and oxygen atoms in total. The molecule has 1 amide bonds. The molecule has 25 heavy (non-hydrogen) atoms. The van der Waals surface area contributed by atoms with Crippen LogP contribution in [-0.4, -0.2) is 35.0 Å². The standard InChI is InChI=1S/C20H24FNO3/c21-15-5-3-4-14(10-15)20(8-1-2-9-20)19(25)22-11-16(13-6-7-13)17(12-22)18(23)24/h3-5,10,13,16-17H,1-2,6-9,11-12H2,(H,23,24)/t16-,17+/m1/s1. The maximum atomic E-state index is 13.8. The van der Waals surface area contributed by atoms with Gasteiger partial charge in [0.25, 0.3) is 0 Å². The predicted octanol–water partition coefficient (Wildman–Crippen LogP) is 3.21. The molecular weight excluding hydrogens is 321 g/mol. The lowest BCUT2D eigenvalue weighted by molar-refractivity contribution is -0.143. The lowest BCUT2D eigenvalue weighted by Crippen LogP contribution is -2.45. The average molecular weight is 345 g/mol. The van der Waals surface area contributed by atoms with E-state index in [4.69, 9.17) is 0 Å². The summed E-state index contributed by atoms with van der Waals surface area (Å²) < 4.78 is 13.8. The minimum Gasteiger partial charge on any atom is -0.481 e. The van der Waals surface area contributed by atoms with Crippen LogP contribution < -0.4 is 0 Å². The molecule has 0 unspecified atom stereocenters. The second-order valence-electron chi connectivity index (χ2n) is 7.96. The SMILES string of the molecule is O=C(O)[C@H]1CN(C(=O)C2(c3cccc(F)c3)CCCC2)C[C@@H]1C1CC1. The quantitative estimate of drug-likeness (QED) is 0.912. The number of aliphatic carboxylic acids is 1. The third-order valence-corrected chi connectivity index (χ3v) is 6.44. The Hall–Kier alpha value is -1.91. The van der Waals surface area contributed by atoms with Crippen molar-refractivity contribution in [3.8, 4) is 0 Å². The van der Waals surface area contributed by atoms with Gasteiger partial charge in [-0.05, 0) is 55.2 Å². The van der Waals surface area contributed by atoms with Gasteiger partial charge in [0.05, 0.1) is 11.3 Å². The van der Waals surface area contributed by atoms with Crippen molar-refractivity contribution in [2.24, 2.45) is 17.8 Å². The Bertz CT molecular complexity index is 694. The van der Waals surface area contributed by atoms with Crippen molar-refractivity contribution in [3.05, 3.63) is 35.6 Å². The summed E-state index contributed by atoms with van der Waals surface area (Å²) in [5, 5.41) is 9.56. The fourth-order valence-corrected chi connectivity index (χ4v) is 4.95. The van der Waals surface area contributed by atoms with Gasteiger partial charge in [-0.1, -0.05) is 25.0 Å². The Balaban J connectivity index is 1.62. The highest BCUT2D eigenvalue weighted by Crippen LogP contribution is 2.47. The number of nitrogens with zero attached hydrogens (tertiary/aromatic N) is 1. The van der Waals surface area contributed by atoms with Gasteiger partial charge in [-0.25, -0.2) is 4.39 Å². The molecule has 1 aromatic rings. The van der Waals surface area contributed by atoms with Crippen LogP contribution in [0.3, 0.4) is 0 Å². The zero-order valence-electron chi connectivity index (χ0n) is 14.3. The van der Waals surface area contributed by atoms with E-state index in [1.54, 1.807) is 11.0 Å². The van der Waals surface area contributed by atoms with E-state index in [1.165, 1.54) is 12.1 Å². The Kier molecular flexibility index (Phi) is 4.05. The molecule has 1 saturated heterocycles. The minimum atomic E-state index is -0.793. The summed E-state index contributed by atoms with van der Waals surface area (Å²) in [5.41, 5.74) is 0.0700. The summed E-state index contributed by atoms with van der Waals surface area (Å²) in [5.74, 6) is -1.04. The molecule has 1 aromatic carbocycles. The summed E-state index contributed by atoms with van der Waals surface area (Å²) in [4.78, 5) is 26.9. The molecule has 2 aliphatic carbocycles. The second-order valence-corrected chi connectivity index (χ2v) is 7.96. The Morgan fingerprint density at radius 2 is 1.88 bits per heavy atom. The first-order chi connectivity index (χ1) is 12.0. The zero-order valence-corrected chi connectivity index (χ0v) is 14.3. The number of hydrogen-bond acceptors (Lipinski definition) is 2. The minimum absolute atomic E-state index is 0.00463. The van der Waals surface area contributed by atoms with E-state index < -0.39 is 17.3 Å². The number of carboxylic acids is 1. The molecule has 3 fully saturated rings. The first-order valence-corrected chi connectivity index (χ1v) is 9.29. The monoisotopic (exact) mass is 345 g/mol. The summed E-state index contributed by atoms with van der Waals surface area (Å²) in [6.07, 6.45) is 5.49. The Morgan fingerprint density at radius 1 is 1.16 bits per heavy atom. The largest absolute Gasteiger partial charge is 0.481 e. The second kappa shape index (κ2) is 6.11. The molecule has 1 heterocycles. The molecule has 1 N–H and O–H groups in total. The van der Waals surface area contributed by atoms with Gasteiger partial charge < -0.3 is 10.0 Å². The first kappa shape index (κ1) is 16.6. The third-order valence-electron chi connectivity index (χ3n) is 6.44. The van der Waals surface area contributed by atoms with E-state index >= 15 is 0 Å². The van der Waals surface area contributed by atoms with Crippen molar-refractivity contribution in [2.45, 2.75) is 43.9 Å². The number of amides is 1. The van der Waals surface area contributed by atoms with E-state index in [2.05, 4.69) is 0 Å². The fraction of sp³-hybridized carbons (Fsp3) is 0.600. The van der Waals surface area contributed by atoms with Crippen LogP contribution in [0.25, 0.3) is 0 Å². The van der Waals surface area contributed by atoms with E-state index in [9.17, 15) is 19.1 Å². The number of carbonyl (C=O) groups is 2. The average Bonchev–Trinajstić information content (AvgIpc) is 3.14. The predicted molar refractivity (Wildman–Crippen MR) is 90.5 cm³/mol. The summed E-state index contributed by atoms with van der Waals surface area (Å²) in [6.45, 7) is 0.837. The number of hydrogen-bond donors (Lipinski definition) is 1. The number of halogens is 1. The summed E-state index contributed by atoms with van der Waals surface area (Å²) >= 11 is 0. The number of likely N-dealkylation sites (tertiary alicyclic amines) is 1. The van der Waals surface area contributed by atoms with Crippen LogP contribution >= 0.6 is 0 Å². The van der Waals surface area contributed by atoms with E-state index in [0.717, 1.165) is 44.1 Å². The van der Waals surface area contributed by atoms with E-state index in [1.807, 2.05) is 6.07 Å². The zero-order chi connectivity index (χ0) is 17.6. The van der Waals surface area contributed by atoms with Crippen molar-refractivity contribution in [3.63, 3.8) is 0 Å². The van der Waals surface area contributed by atoms with E-state index in [-0.39, 0.29) is 17.6 Å². The van der Waals surface area contributed by atoms with Crippen molar-refractivity contribution in [1.82, 2.24) is 4.90 Å². The van der Waals surface area contributed by atoms with Gasteiger partial charge in [0.1, 0.15) is 5.82 Å².